The fourth-order valence-electron chi connectivity index (χ4n) is 3.42. The van der Waals surface area contributed by atoms with Crippen LogP contribution in [0.25, 0.3) is 11.0 Å². The zero-order valence-corrected chi connectivity index (χ0v) is 15.7. The monoisotopic (exact) mass is 378 g/mol. The normalized spacial score (nSPS) is 15.0. The summed E-state index contributed by atoms with van der Waals surface area (Å²) in [6, 6.07) is 9.41. The van der Waals surface area contributed by atoms with Crippen molar-refractivity contribution < 1.29 is 14.0 Å². The van der Waals surface area contributed by atoms with Gasteiger partial charge in [0.25, 0.3) is 11.8 Å². The molecule has 144 valence electrons. The van der Waals surface area contributed by atoms with Crippen LogP contribution in [0.3, 0.4) is 0 Å². The zero-order chi connectivity index (χ0) is 19.5. The second-order valence-corrected chi connectivity index (χ2v) is 7.14. The largest absolute Gasteiger partial charge is 0.451 e. The van der Waals surface area contributed by atoms with Gasteiger partial charge in [-0.15, -0.1) is 0 Å². The van der Waals surface area contributed by atoms with E-state index < -0.39 is 0 Å². The number of aromatic nitrogens is 2. The number of carbonyl (C=O) groups excluding carboxylic acids is 2. The predicted octanol–water partition coefficient (Wildman–Crippen LogP) is 2.81. The number of piperidine rings is 1. The molecule has 28 heavy (non-hydrogen) atoms. The standard InChI is InChI=1S/C21H22N4O3/c1-14-11-23-17(13-22-14)20(26)24-12-15-6-8-25(9-7-15)21(27)19-10-16-4-2-3-5-18(16)28-19/h2-5,10-11,13,15H,6-9,12H2,1H3,(H,24,26). The molecule has 1 aromatic carbocycles. The number of aryl methyl sites for hydroxylation is 1. The molecule has 0 atom stereocenters. The van der Waals surface area contributed by atoms with E-state index in [0.29, 0.717) is 37.0 Å². The first-order chi connectivity index (χ1) is 13.6. The predicted molar refractivity (Wildman–Crippen MR) is 104 cm³/mol. The maximum atomic E-state index is 12.7. The lowest BCUT2D eigenvalue weighted by atomic mass is 9.96. The molecule has 0 radical (unpaired) electrons. The highest BCUT2D eigenvalue weighted by molar-refractivity contribution is 5.96. The van der Waals surface area contributed by atoms with E-state index in [1.807, 2.05) is 36.1 Å². The molecule has 0 unspecified atom stereocenters. The quantitative estimate of drug-likeness (QED) is 0.754. The Morgan fingerprint density at radius 1 is 1.18 bits per heavy atom. The molecule has 0 saturated carbocycles. The van der Waals surface area contributed by atoms with Gasteiger partial charge in [0, 0.05) is 31.2 Å². The summed E-state index contributed by atoms with van der Waals surface area (Å²) in [5.41, 5.74) is 1.82. The van der Waals surface area contributed by atoms with E-state index in [9.17, 15) is 9.59 Å². The molecule has 3 heterocycles. The number of hydrogen-bond donors (Lipinski definition) is 1. The Kier molecular flexibility index (Phi) is 5.06. The molecule has 4 rings (SSSR count). The molecule has 7 nitrogen and oxygen atoms in total. The Labute approximate surface area is 162 Å². The first kappa shape index (κ1) is 18.2. The summed E-state index contributed by atoms with van der Waals surface area (Å²) in [6.07, 6.45) is 4.74. The number of rotatable bonds is 4. The summed E-state index contributed by atoms with van der Waals surface area (Å²) in [6.45, 7) is 3.71. The molecule has 0 bridgehead atoms. The molecule has 2 amide bonds. The Morgan fingerprint density at radius 2 is 1.96 bits per heavy atom. The second kappa shape index (κ2) is 7.80. The molecule has 1 aliphatic rings. The van der Waals surface area contributed by atoms with Crippen LogP contribution in [0.4, 0.5) is 0 Å². The average molecular weight is 378 g/mol. The minimum atomic E-state index is -0.215. The highest BCUT2D eigenvalue weighted by Gasteiger charge is 2.26. The first-order valence-corrected chi connectivity index (χ1v) is 9.45. The van der Waals surface area contributed by atoms with Crippen molar-refractivity contribution in [3.63, 3.8) is 0 Å². The van der Waals surface area contributed by atoms with Gasteiger partial charge >= 0.3 is 0 Å². The van der Waals surface area contributed by atoms with Crippen LogP contribution >= 0.6 is 0 Å². The molecular weight excluding hydrogens is 356 g/mol. The molecule has 2 aromatic heterocycles. The van der Waals surface area contributed by atoms with Gasteiger partial charge in [0.15, 0.2) is 5.76 Å². The van der Waals surface area contributed by atoms with Gasteiger partial charge in [0.2, 0.25) is 0 Å². The van der Waals surface area contributed by atoms with Crippen molar-refractivity contribution in [1.29, 1.82) is 0 Å². The fourth-order valence-corrected chi connectivity index (χ4v) is 3.42. The Balaban J connectivity index is 1.28. The number of para-hydroxylation sites is 1. The summed E-state index contributed by atoms with van der Waals surface area (Å²) < 4.78 is 5.69. The third kappa shape index (κ3) is 3.88. The number of hydrogen-bond acceptors (Lipinski definition) is 5. The van der Waals surface area contributed by atoms with Crippen molar-refractivity contribution in [2.45, 2.75) is 19.8 Å². The van der Waals surface area contributed by atoms with Crippen molar-refractivity contribution in [3.8, 4) is 0 Å². The Hall–Kier alpha value is -3.22. The summed E-state index contributed by atoms with van der Waals surface area (Å²) in [5, 5.41) is 3.85. The van der Waals surface area contributed by atoms with Gasteiger partial charge in [-0.2, -0.15) is 0 Å². The second-order valence-electron chi connectivity index (χ2n) is 7.14. The van der Waals surface area contributed by atoms with E-state index in [1.54, 1.807) is 12.3 Å². The van der Waals surface area contributed by atoms with Crippen LogP contribution in [0.5, 0.6) is 0 Å². The zero-order valence-electron chi connectivity index (χ0n) is 15.7. The average Bonchev–Trinajstić information content (AvgIpc) is 3.16. The summed E-state index contributed by atoms with van der Waals surface area (Å²) in [4.78, 5) is 34.9. The van der Waals surface area contributed by atoms with E-state index in [-0.39, 0.29) is 11.8 Å². The van der Waals surface area contributed by atoms with Gasteiger partial charge < -0.3 is 14.6 Å². The van der Waals surface area contributed by atoms with Crippen LogP contribution in [-0.4, -0.2) is 46.3 Å². The highest BCUT2D eigenvalue weighted by atomic mass is 16.3. The van der Waals surface area contributed by atoms with Crippen LogP contribution in [0.2, 0.25) is 0 Å². The van der Waals surface area contributed by atoms with Crippen LogP contribution in [0, 0.1) is 12.8 Å². The number of carbonyl (C=O) groups is 2. The number of amides is 2. The van der Waals surface area contributed by atoms with Crippen LogP contribution in [-0.2, 0) is 0 Å². The van der Waals surface area contributed by atoms with Crippen molar-refractivity contribution in [2.24, 2.45) is 5.92 Å². The SMILES string of the molecule is Cc1cnc(C(=O)NCC2CCN(C(=O)c3cc4ccccc4o3)CC2)cn1. The lowest BCUT2D eigenvalue weighted by Gasteiger charge is -2.31. The minimum absolute atomic E-state index is 0.0754. The Morgan fingerprint density at radius 3 is 2.68 bits per heavy atom. The third-order valence-corrected chi connectivity index (χ3v) is 5.10. The number of benzene rings is 1. The van der Waals surface area contributed by atoms with Crippen LogP contribution in [0.1, 0.15) is 39.6 Å². The molecule has 1 N–H and O–H groups in total. The molecule has 3 aromatic rings. The number of likely N-dealkylation sites (tertiary alicyclic amines) is 1. The summed E-state index contributed by atoms with van der Waals surface area (Å²) >= 11 is 0. The van der Waals surface area contributed by atoms with E-state index in [0.717, 1.165) is 29.5 Å². The summed E-state index contributed by atoms with van der Waals surface area (Å²) in [5.74, 6) is 0.426. The van der Waals surface area contributed by atoms with Crippen LogP contribution in [0.15, 0.2) is 47.1 Å². The lowest BCUT2D eigenvalue weighted by molar-refractivity contribution is 0.0655. The van der Waals surface area contributed by atoms with E-state index in [2.05, 4.69) is 15.3 Å². The minimum Gasteiger partial charge on any atom is -0.451 e. The number of nitrogens with zero attached hydrogens (tertiary/aromatic N) is 3. The van der Waals surface area contributed by atoms with Crippen molar-refractivity contribution in [3.05, 3.63) is 59.9 Å². The Bertz CT molecular complexity index is 955. The van der Waals surface area contributed by atoms with E-state index in [4.69, 9.17) is 4.42 Å². The van der Waals surface area contributed by atoms with Crippen molar-refractivity contribution >= 4 is 22.8 Å². The maximum absolute atomic E-state index is 12.7. The topological polar surface area (TPSA) is 88.3 Å². The van der Waals surface area contributed by atoms with Gasteiger partial charge in [-0.1, -0.05) is 18.2 Å². The molecule has 1 fully saturated rings. The van der Waals surface area contributed by atoms with Crippen LogP contribution < -0.4 is 5.32 Å². The fraction of sp³-hybridized carbons (Fsp3) is 0.333. The molecule has 1 saturated heterocycles. The number of nitrogens with one attached hydrogen (secondary N) is 1. The molecule has 0 spiro atoms. The molecule has 1 aliphatic heterocycles. The highest BCUT2D eigenvalue weighted by Crippen LogP contribution is 2.23. The van der Waals surface area contributed by atoms with Gasteiger partial charge in [-0.3, -0.25) is 14.6 Å². The van der Waals surface area contributed by atoms with Crippen molar-refractivity contribution in [2.75, 3.05) is 19.6 Å². The molecular formula is C21H22N4O3. The smallest absolute Gasteiger partial charge is 0.289 e. The van der Waals surface area contributed by atoms with Gasteiger partial charge in [-0.05, 0) is 37.8 Å². The lowest BCUT2D eigenvalue weighted by Crippen LogP contribution is -2.41. The number of furan rings is 1. The van der Waals surface area contributed by atoms with Gasteiger partial charge in [0.1, 0.15) is 11.3 Å². The van der Waals surface area contributed by atoms with Gasteiger partial charge in [0.05, 0.1) is 11.9 Å². The van der Waals surface area contributed by atoms with E-state index in [1.165, 1.54) is 6.20 Å². The molecule has 0 aliphatic carbocycles. The van der Waals surface area contributed by atoms with Gasteiger partial charge in [-0.25, -0.2) is 4.98 Å². The van der Waals surface area contributed by atoms with Crippen molar-refractivity contribution in [1.82, 2.24) is 20.2 Å². The molecule has 7 heteroatoms. The van der Waals surface area contributed by atoms with E-state index >= 15 is 0 Å². The first-order valence-electron chi connectivity index (χ1n) is 9.45. The number of fused-ring (bicyclic) bond motifs is 1. The summed E-state index contributed by atoms with van der Waals surface area (Å²) in [7, 11) is 0. The maximum Gasteiger partial charge on any atom is 0.289 e. The third-order valence-electron chi connectivity index (χ3n) is 5.10.